The summed E-state index contributed by atoms with van der Waals surface area (Å²) in [5, 5.41) is 3.58. The van der Waals surface area contributed by atoms with E-state index in [0.29, 0.717) is 0 Å². The molecule has 1 N–H and O–H groups in total. The summed E-state index contributed by atoms with van der Waals surface area (Å²) < 4.78 is 0. The molecule has 4 heteroatoms. The maximum absolute atomic E-state index is 5.86. The lowest BCUT2D eigenvalue weighted by molar-refractivity contribution is 1.10. The van der Waals surface area contributed by atoms with Crippen molar-refractivity contribution in [3.05, 3.63) is 45.9 Å². The van der Waals surface area contributed by atoms with Gasteiger partial charge in [0.2, 0.25) is 5.28 Å². The number of nitrogens with one attached hydrogen (secondary N) is 1. The Balaban J connectivity index is 2.40. The molecule has 2 rings (SSSR count). The zero-order chi connectivity index (χ0) is 13.3. The van der Waals surface area contributed by atoms with Crippen molar-refractivity contribution in [3.63, 3.8) is 0 Å². The van der Waals surface area contributed by atoms with Gasteiger partial charge in [-0.05, 0) is 50.4 Å². The van der Waals surface area contributed by atoms with E-state index < -0.39 is 0 Å². The summed E-state index contributed by atoms with van der Waals surface area (Å²) in [6, 6.07) is 6.17. The molecule has 0 aliphatic carbocycles. The number of benzene rings is 1. The van der Waals surface area contributed by atoms with E-state index >= 15 is 0 Å². The summed E-state index contributed by atoms with van der Waals surface area (Å²) in [5.74, 6) is 0.725. The number of aromatic nitrogens is 2. The van der Waals surface area contributed by atoms with Crippen LogP contribution in [-0.2, 0) is 0 Å². The topological polar surface area (TPSA) is 37.8 Å². The third-order valence-electron chi connectivity index (χ3n) is 2.76. The van der Waals surface area contributed by atoms with Gasteiger partial charge in [0.25, 0.3) is 0 Å². The van der Waals surface area contributed by atoms with Crippen LogP contribution in [0.15, 0.2) is 18.2 Å². The Morgan fingerprint density at radius 2 is 1.56 bits per heavy atom. The van der Waals surface area contributed by atoms with Gasteiger partial charge in [-0.3, -0.25) is 0 Å². The maximum atomic E-state index is 5.86. The number of aryl methyl sites for hydroxylation is 4. The van der Waals surface area contributed by atoms with E-state index in [1.807, 2.05) is 13.0 Å². The largest absolute Gasteiger partial charge is 0.340 e. The normalized spacial score (nSPS) is 10.5. The van der Waals surface area contributed by atoms with Gasteiger partial charge in [0.1, 0.15) is 5.82 Å². The van der Waals surface area contributed by atoms with Crippen molar-refractivity contribution in [3.8, 4) is 0 Å². The highest BCUT2D eigenvalue weighted by Crippen LogP contribution is 2.25. The lowest BCUT2D eigenvalue weighted by Gasteiger charge is -2.13. The van der Waals surface area contributed by atoms with Crippen LogP contribution >= 0.6 is 11.6 Å². The number of rotatable bonds is 2. The minimum absolute atomic E-state index is 0.264. The first kappa shape index (κ1) is 12.8. The molecule has 1 aromatic heterocycles. The van der Waals surface area contributed by atoms with Gasteiger partial charge < -0.3 is 5.32 Å². The number of hydrogen-bond acceptors (Lipinski definition) is 3. The monoisotopic (exact) mass is 261 g/mol. The van der Waals surface area contributed by atoms with E-state index in [0.717, 1.165) is 17.2 Å². The molecule has 0 saturated carbocycles. The van der Waals surface area contributed by atoms with Gasteiger partial charge in [0.05, 0.1) is 0 Å². The first-order valence-corrected chi connectivity index (χ1v) is 6.19. The van der Waals surface area contributed by atoms with Crippen molar-refractivity contribution in [2.45, 2.75) is 27.7 Å². The molecule has 94 valence electrons. The predicted octanol–water partition coefficient (Wildman–Crippen LogP) is 4.11. The molecule has 1 aromatic carbocycles. The van der Waals surface area contributed by atoms with Crippen molar-refractivity contribution >= 4 is 23.1 Å². The van der Waals surface area contributed by atoms with Crippen molar-refractivity contribution in [1.29, 1.82) is 0 Å². The van der Waals surface area contributed by atoms with Crippen LogP contribution in [0.5, 0.6) is 0 Å². The fourth-order valence-corrected chi connectivity index (χ4v) is 2.33. The zero-order valence-electron chi connectivity index (χ0n) is 11.0. The van der Waals surface area contributed by atoms with Gasteiger partial charge in [-0.25, -0.2) is 9.97 Å². The van der Waals surface area contributed by atoms with Crippen LogP contribution in [0.1, 0.15) is 22.4 Å². The van der Waals surface area contributed by atoms with Crippen LogP contribution in [0.2, 0.25) is 5.28 Å². The highest BCUT2D eigenvalue weighted by atomic mass is 35.5. The molecule has 0 unspecified atom stereocenters. The minimum atomic E-state index is 0.264. The first-order valence-electron chi connectivity index (χ1n) is 5.82. The van der Waals surface area contributed by atoms with Crippen molar-refractivity contribution < 1.29 is 0 Å². The van der Waals surface area contributed by atoms with Crippen LogP contribution in [-0.4, -0.2) is 9.97 Å². The Kier molecular flexibility index (Phi) is 3.53. The summed E-state index contributed by atoms with van der Waals surface area (Å²) in [5.41, 5.74) is 5.57. The molecule has 18 heavy (non-hydrogen) atoms. The lowest BCUT2D eigenvalue weighted by atomic mass is 10.1. The summed E-state index contributed by atoms with van der Waals surface area (Å²) in [4.78, 5) is 8.23. The van der Waals surface area contributed by atoms with Crippen molar-refractivity contribution in [2.75, 3.05) is 5.32 Å². The van der Waals surface area contributed by atoms with E-state index in [1.54, 1.807) is 0 Å². The molecule has 0 aliphatic heterocycles. The maximum Gasteiger partial charge on any atom is 0.224 e. The highest BCUT2D eigenvalue weighted by Gasteiger charge is 2.06. The zero-order valence-corrected chi connectivity index (χ0v) is 11.8. The van der Waals surface area contributed by atoms with Crippen LogP contribution in [0.4, 0.5) is 11.5 Å². The van der Waals surface area contributed by atoms with Crippen LogP contribution in [0.25, 0.3) is 0 Å². The Hall–Kier alpha value is -1.61. The average molecular weight is 262 g/mol. The van der Waals surface area contributed by atoms with Gasteiger partial charge in [-0.1, -0.05) is 17.7 Å². The number of halogens is 1. The van der Waals surface area contributed by atoms with Gasteiger partial charge in [-0.15, -0.1) is 0 Å². The third-order valence-corrected chi connectivity index (χ3v) is 2.93. The molecule has 0 saturated heterocycles. The van der Waals surface area contributed by atoms with E-state index in [-0.39, 0.29) is 5.28 Å². The minimum Gasteiger partial charge on any atom is -0.340 e. The van der Waals surface area contributed by atoms with Crippen LogP contribution in [0.3, 0.4) is 0 Å². The Bertz CT molecular complexity index is 550. The summed E-state index contributed by atoms with van der Waals surface area (Å²) in [7, 11) is 0. The first-order chi connectivity index (χ1) is 8.45. The van der Waals surface area contributed by atoms with E-state index in [1.165, 1.54) is 16.7 Å². The predicted molar refractivity (Wildman–Crippen MR) is 75.7 cm³/mol. The smallest absolute Gasteiger partial charge is 0.224 e. The fraction of sp³-hybridized carbons (Fsp3) is 0.286. The van der Waals surface area contributed by atoms with Gasteiger partial charge in [0, 0.05) is 17.4 Å². The fourth-order valence-electron chi connectivity index (χ4n) is 2.10. The Morgan fingerprint density at radius 1 is 0.944 bits per heavy atom. The summed E-state index contributed by atoms with van der Waals surface area (Å²) in [6.45, 7) is 8.15. The Labute approximate surface area is 112 Å². The molecule has 0 radical (unpaired) electrons. The molecule has 3 nitrogen and oxygen atoms in total. The third kappa shape index (κ3) is 2.79. The molecule has 0 atom stereocenters. The quantitative estimate of drug-likeness (QED) is 0.827. The molecule has 0 aliphatic rings. The molecule has 1 heterocycles. The molecule has 0 spiro atoms. The summed E-state index contributed by atoms with van der Waals surface area (Å²) >= 11 is 5.86. The highest BCUT2D eigenvalue weighted by molar-refractivity contribution is 6.28. The summed E-state index contributed by atoms with van der Waals surface area (Å²) in [6.07, 6.45) is 0. The molecule has 0 bridgehead atoms. The molecule has 0 amide bonds. The number of nitrogens with zero attached hydrogens (tertiary/aromatic N) is 2. The van der Waals surface area contributed by atoms with E-state index in [2.05, 4.69) is 48.2 Å². The SMILES string of the molecule is Cc1cc(C)c(Nc2cc(C)nc(Cl)n2)c(C)c1. The van der Waals surface area contributed by atoms with Crippen LogP contribution < -0.4 is 5.32 Å². The molecular formula is C14H16ClN3. The van der Waals surface area contributed by atoms with Gasteiger partial charge in [-0.2, -0.15) is 0 Å². The second kappa shape index (κ2) is 4.94. The number of hydrogen-bond donors (Lipinski definition) is 1. The molecular weight excluding hydrogens is 246 g/mol. The number of anilines is 2. The van der Waals surface area contributed by atoms with Crippen molar-refractivity contribution in [2.24, 2.45) is 0 Å². The standard InChI is InChI=1S/C14H16ClN3/c1-8-5-9(2)13(10(3)6-8)17-12-7-11(4)16-14(15)18-12/h5-7H,1-4H3,(H,16,17,18). The van der Waals surface area contributed by atoms with Gasteiger partial charge in [0.15, 0.2) is 0 Å². The van der Waals surface area contributed by atoms with Crippen LogP contribution in [0, 0.1) is 27.7 Å². The van der Waals surface area contributed by atoms with Gasteiger partial charge >= 0.3 is 0 Å². The lowest BCUT2D eigenvalue weighted by Crippen LogP contribution is -2.00. The second-order valence-corrected chi connectivity index (χ2v) is 4.90. The second-order valence-electron chi connectivity index (χ2n) is 4.56. The van der Waals surface area contributed by atoms with Crippen molar-refractivity contribution in [1.82, 2.24) is 9.97 Å². The molecule has 2 aromatic rings. The average Bonchev–Trinajstić information content (AvgIpc) is 2.22. The van der Waals surface area contributed by atoms with E-state index in [9.17, 15) is 0 Å². The Morgan fingerprint density at radius 3 is 2.11 bits per heavy atom. The van der Waals surface area contributed by atoms with E-state index in [4.69, 9.17) is 11.6 Å². The molecule has 0 fully saturated rings.